The van der Waals surface area contributed by atoms with E-state index in [-0.39, 0.29) is 12.3 Å². The normalized spacial score (nSPS) is 13.6. The molecule has 6 nitrogen and oxygen atoms in total. The van der Waals surface area contributed by atoms with Gasteiger partial charge in [-0.3, -0.25) is 9.59 Å². The number of carboxylic acid groups (broad SMARTS) is 1. The first-order chi connectivity index (χ1) is 13.5. The second-order valence-electron chi connectivity index (χ2n) is 8.89. The molecule has 1 unspecified atom stereocenters. The molecule has 1 amide bonds. The molecule has 0 aliphatic carbocycles. The number of rotatable bonds is 11. The third-order valence-electron chi connectivity index (χ3n) is 4.39. The highest BCUT2D eigenvalue weighted by Gasteiger charge is 2.29. The summed E-state index contributed by atoms with van der Waals surface area (Å²) >= 11 is 0. The highest BCUT2D eigenvalue weighted by molar-refractivity contribution is 5.87. The molecule has 1 aromatic carbocycles. The minimum absolute atomic E-state index is 0.0636. The Morgan fingerprint density at radius 3 is 2.24 bits per heavy atom. The van der Waals surface area contributed by atoms with Gasteiger partial charge in [-0.15, -0.1) is 0 Å². The summed E-state index contributed by atoms with van der Waals surface area (Å²) in [6.45, 7) is 9.13. The van der Waals surface area contributed by atoms with Gasteiger partial charge in [0.15, 0.2) is 0 Å². The summed E-state index contributed by atoms with van der Waals surface area (Å²) in [4.78, 5) is 36.6. The van der Waals surface area contributed by atoms with Gasteiger partial charge >= 0.3 is 11.9 Å². The average Bonchev–Trinajstić information content (AvgIpc) is 2.59. The van der Waals surface area contributed by atoms with Crippen molar-refractivity contribution in [1.29, 1.82) is 0 Å². The van der Waals surface area contributed by atoms with E-state index in [1.165, 1.54) is 0 Å². The number of esters is 1. The standard InChI is InChI=1S/C23H35NO5/c1-16(2)14-19(22(27)28)24-21(26)18(15-20(25)29-23(3,4)5)13-9-12-17-10-7-6-8-11-17/h6-8,10-11,16,18-19H,9,12-15H2,1-5H3,(H,24,26)(H,27,28)/t18?,19-/m0/s1. The molecular weight excluding hydrogens is 370 g/mol. The summed E-state index contributed by atoms with van der Waals surface area (Å²) in [5, 5.41) is 12.0. The molecular formula is C23H35NO5. The highest BCUT2D eigenvalue weighted by atomic mass is 16.6. The predicted octanol–water partition coefficient (Wildman–Crippen LogP) is 3.97. The van der Waals surface area contributed by atoms with Crippen molar-refractivity contribution in [2.75, 3.05) is 0 Å². The van der Waals surface area contributed by atoms with Gasteiger partial charge in [0.05, 0.1) is 6.42 Å². The summed E-state index contributed by atoms with van der Waals surface area (Å²) < 4.78 is 5.36. The van der Waals surface area contributed by atoms with Crippen LogP contribution < -0.4 is 5.32 Å². The van der Waals surface area contributed by atoms with Crippen LogP contribution >= 0.6 is 0 Å². The number of carbonyl (C=O) groups is 3. The van der Waals surface area contributed by atoms with Crippen LogP contribution in [0.1, 0.15) is 65.9 Å². The maximum Gasteiger partial charge on any atom is 0.326 e. The van der Waals surface area contributed by atoms with Crippen LogP contribution in [0, 0.1) is 11.8 Å². The van der Waals surface area contributed by atoms with E-state index in [0.29, 0.717) is 19.3 Å². The quantitative estimate of drug-likeness (QED) is 0.543. The molecule has 0 bridgehead atoms. The lowest BCUT2D eigenvalue weighted by molar-refractivity contribution is -0.157. The number of hydrogen-bond acceptors (Lipinski definition) is 4. The van der Waals surface area contributed by atoms with Crippen molar-refractivity contribution in [3.8, 4) is 0 Å². The fourth-order valence-corrected chi connectivity index (χ4v) is 3.09. The summed E-state index contributed by atoms with van der Waals surface area (Å²) in [5.74, 6) is -2.42. The fourth-order valence-electron chi connectivity index (χ4n) is 3.09. The Bertz CT molecular complexity index is 664. The first kappa shape index (κ1) is 24.7. The molecule has 0 heterocycles. The van der Waals surface area contributed by atoms with Crippen molar-refractivity contribution >= 4 is 17.8 Å². The number of nitrogens with one attached hydrogen (secondary N) is 1. The molecule has 0 spiro atoms. The monoisotopic (exact) mass is 405 g/mol. The van der Waals surface area contributed by atoms with E-state index in [1.54, 1.807) is 20.8 Å². The molecule has 0 aliphatic rings. The predicted molar refractivity (Wildman–Crippen MR) is 112 cm³/mol. The second-order valence-corrected chi connectivity index (χ2v) is 8.89. The molecule has 2 atom stereocenters. The smallest absolute Gasteiger partial charge is 0.326 e. The van der Waals surface area contributed by atoms with E-state index in [0.717, 1.165) is 12.0 Å². The van der Waals surface area contributed by atoms with Crippen molar-refractivity contribution in [1.82, 2.24) is 5.32 Å². The summed E-state index contributed by atoms with van der Waals surface area (Å²) in [6.07, 6.45) is 2.25. The lowest BCUT2D eigenvalue weighted by Crippen LogP contribution is -2.45. The van der Waals surface area contributed by atoms with Gasteiger partial charge in [-0.05, 0) is 57.9 Å². The van der Waals surface area contributed by atoms with Gasteiger partial charge in [-0.25, -0.2) is 4.79 Å². The molecule has 6 heteroatoms. The number of aryl methyl sites for hydroxylation is 1. The Morgan fingerprint density at radius 1 is 1.10 bits per heavy atom. The van der Waals surface area contributed by atoms with Crippen LogP contribution in [0.2, 0.25) is 0 Å². The molecule has 0 fully saturated rings. The molecule has 0 saturated carbocycles. The van der Waals surface area contributed by atoms with Crippen LogP contribution in [0.3, 0.4) is 0 Å². The van der Waals surface area contributed by atoms with Crippen LogP contribution in [-0.4, -0.2) is 34.6 Å². The molecule has 0 aliphatic heterocycles. The largest absolute Gasteiger partial charge is 0.480 e. The zero-order valence-electron chi connectivity index (χ0n) is 18.2. The Balaban J connectivity index is 2.79. The zero-order chi connectivity index (χ0) is 22.0. The van der Waals surface area contributed by atoms with Crippen molar-refractivity contribution in [2.24, 2.45) is 11.8 Å². The van der Waals surface area contributed by atoms with Crippen LogP contribution in [0.5, 0.6) is 0 Å². The minimum atomic E-state index is -1.06. The SMILES string of the molecule is CC(C)C[C@H](NC(=O)C(CCCc1ccccc1)CC(=O)OC(C)(C)C)C(=O)O. The molecule has 0 aromatic heterocycles. The van der Waals surface area contributed by atoms with E-state index in [4.69, 9.17) is 4.74 Å². The Labute approximate surface area is 174 Å². The zero-order valence-corrected chi connectivity index (χ0v) is 18.2. The van der Waals surface area contributed by atoms with Gasteiger partial charge in [0.1, 0.15) is 11.6 Å². The highest BCUT2D eigenvalue weighted by Crippen LogP contribution is 2.19. The van der Waals surface area contributed by atoms with Crippen molar-refractivity contribution in [3.05, 3.63) is 35.9 Å². The van der Waals surface area contributed by atoms with Crippen molar-refractivity contribution < 1.29 is 24.2 Å². The summed E-state index contributed by atoms with van der Waals surface area (Å²) in [6, 6.07) is 8.95. The Morgan fingerprint density at radius 2 is 1.72 bits per heavy atom. The number of carbonyl (C=O) groups excluding carboxylic acids is 2. The lowest BCUT2D eigenvalue weighted by Gasteiger charge is -2.24. The minimum Gasteiger partial charge on any atom is -0.480 e. The number of amides is 1. The van der Waals surface area contributed by atoms with Gasteiger partial charge < -0.3 is 15.2 Å². The molecule has 2 N–H and O–H groups in total. The number of carboxylic acids is 1. The van der Waals surface area contributed by atoms with E-state index in [2.05, 4.69) is 5.32 Å². The molecule has 29 heavy (non-hydrogen) atoms. The average molecular weight is 406 g/mol. The number of benzene rings is 1. The molecule has 162 valence electrons. The van der Waals surface area contributed by atoms with E-state index >= 15 is 0 Å². The van der Waals surface area contributed by atoms with Gasteiger partial charge in [-0.1, -0.05) is 44.2 Å². The van der Waals surface area contributed by atoms with Crippen LogP contribution in [-0.2, 0) is 25.5 Å². The van der Waals surface area contributed by atoms with Gasteiger partial charge in [0.25, 0.3) is 0 Å². The van der Waals surface area contributed by atoms with Gasteiger partial charge in [0.2, 0.25) is 5.91 Å². The van der Waals surface area contributed by atoms with E-state index in [9.17, 15) is 19.5 Å². The van der Waals surface area contributed by atoms with Crippen LogP contribution in [0.25, 0.3) is 0 Å². The Hall–Kier alpha value is -2.37. The third-order valence-corrected chi connectivity index (χ3v) is 4.39. The maximum atomic E-state index is 12.8. The number of aliphatic carboxylic acids is 1. The molecule has 1 rings (SSSR count). The van der Waals surface area contributed by atoms with Crippen LogP contribution in [0.4, 0.5) is 0 Å². The van der Waals surface area contributed by atoms with E-state index in [1.807, 2.05) is 44.2 Å². The maximum absolute atomic E-state index is 12.8. The summed E-state index contributed by atoms with van der Waals surface area (Å²) in [5.41, 5.74) is 0.524. The fraction of sp³-hybridized carbons (Fsp3) is 0.609. The summed E-state index contributed by atoms with van der Waals surface area (Å²) in [7, 11) is 0. The van der Waals surface area contributed by atoms with Crippen molar-refractivity contribution in [3.63, 3.8) is 0 Å². The first-order valence-corrected chi connectivity index (χ1v) is 10.3. The number of hydrogen-bond donors (Lipinski definition) is 2. The molecule has 0 saturated heterocycles. The number of ether oxygens (including phenoxy) is 1. The van der Waals surface area contributed by atoms with Crippen molar-refractivity contribution in [2.45, 2.75) is 78.4 Å². The van der Waals surface area contributed by atoms with Gasteiger partial charge in [0, 0.05) is 5.92 Å². The second kappa shape index (κ2) is 11.6. The molecule has 0 radical (unpaired) electrons. The Kier molecular flexibility index (Phi) is 9.86. The lowest BCUT2D eigenvalue weighted by atomic mass is 9.94. The van der Waals surface area contributed by atoms with Crippen LogP contribution in [0.15, 0.2) is 30.3 Å². The van der Waals surface area contributed by atoms with E-state index < -0.39 is 35.4 Å². The van der Waals surface area contributed by atoms with Gasteiger partial charge in [-0.2, -0.15) is 0 Å². The third kappa shape index (κ3) is 10.7. The first-order valence-electron chi connectivity index (χ1n) is 10.3. The molecule has 1 aromatic rings. The topological polar surface area (TPSA) is 92.7 Å².